The van der Waals surface area contributed by atoms with Crippen molar-refractivity contribution in [1.29, 1.82) is 0 Å². The average molecular weight is 362 g/mol. The molecule has 0 atom stereocenters. The minimum atomic E-state index is -4.73. The summed E-state index contributed by atoms with van der Waals surface area (Å²) in [5.74, 6) is -0.191. The average Bonchev–Trinajstić information content (AvgIpc) is 2.90. The molecule has 138 valence electrons. The number of likely N-dealkylation sites (N-methyl/N-ethyl adjacent to an activating group) is 1. The number of hydrogen-bond acceptors (Lipinski definition) is 2. The van der Waals surface area contributed by atoms with Crippen molar-refractivity contribution in [2.24, 2.45) is 0 Å². The van der Waals surface area contributed by atoms with Gasteiger partial charge in [-0.15, -0.1) is 13.2 Å². The van der Waals surface area contributed by atoms with Gasteiger partial charge in [-0.3, -0.25) is 0 Å². The molecular weight excluding hydrogens is 341 g/mol. The first-order valence-electron chi connectivity index (χ1n) is 8.56. The highest BCUT2D eigenvalue weighted by Gasteiger charge is 2.32. The van der Waals surface area contributed by atoms with Crippen molar-refractivity contribution in [1.82, 2.24) is 10.3 Å². The zero-order valence-corrected chi connectivity index (χ0v) is 14.7. The lowest BCUT2D eigenvalue weighted by molar-refractivity contribution is -0.274. The molecule has 0 fully saturated rings. The lowest BCUT2D eigenvalue weighted by Gasteiger charge is -2.14. The van der Waals surface area contributed by atoms with Crippen LogP contribution in [0.4, 0.5) is 13.2 Å². The molecule has 0 spiro atoms. The first-order chi connectivity index (χ1) is 12.4. The van der Waals surface area contributed by atoms with E-state index in [1.807, 2.05) is 32.0 Å². The van der Waals surface area contributed by atoms with E-state index < -0.39 is 6.36 Å². The number of ether oxygens (including phenoxy) is 1. The standard InChI is InChI=1S/C20H21F3N2O/c1-3-24-12-11-14-13(2)25-17-9-6-8-16(19(14)17)15-7-4-5-10-18(15)26-20(21,22)23/h4-10,24-25H,3,11-12H2,1-2H3. The Morgan fingerprint density at radius 2 is 1.77 bits per heavy atom. The Kier molecular flexibility index (Phi) is 5.23. The summed E-state index contributed by atoms with van der Waals surface area (Å²) < 4.78 is 42.7. The highest BCUT2D eigenvalue weighted by molar-refractivity contribution is 5.99. The number of rotatable bonds is 6. The van der Waals surface area contributed by atoms with Crippen molar-refractivity contribution in [3.05, 3.63) is 53.7 Å². The highest BCUT2D eigenvalue weighted by Crippen LogP contribution is 2.39. The van der Waals surface area contributed by atoms with E-state index >= 15 is 0 Å². The molecule has 0 aliphatic heterocycles. The van der Waals surface area contributed by atoms with Gasteiger partial charge in [0.05, 0.1) is 0 Å². The third-order valence-corrected chi connectivity index (χ3v) is 4.35. The van der Waals surface area contributed by atoms with Gasteiger partial charge >= 0.3 is 6.36 Å². The molecule has 0 amide bonds. The summed E-state index contributed by atoms with van der Waals surface area (Å²) in [5.41, 5.74) is 4.21. The van der Waals surface area contributed by atoms with Crippen molar-refractivity contribution >= 4 is 10.9 Å². The summed E-state index contributed by atoms with van der Waals surface area (Å²) >= 11 is 0. The Balaban J connectivity index is 2.14. The van der Waals surface area contributed by atoms with Crippen LogP contribution in [0.2, 0.25) is 0 Å². The summed E-state index contributed by atoms with van der Waals surface area (Å²) in [6, 6.07) is 11.9. The van der Waals surface area contributed by atoms with E-state index in [-0.39, 0.29) is 5.75 Å². The molecule has 2 aromatic carbocycles. The summed E-state index contributed by atoms with van der Waals surface area (Å²) in [7, 11) is 0. The number of nitrogens with one attached hydrogen (secondary N) is 2. The van der Waals surface area contributed by atoms with Gasteiger partial charge in [0.1, 0.15) is 5.75 Å². The fourth-order valence-electron chi connectivity index (χ4n) is 3.28. The zero-order valence-electron chi connectivity index (χ0n) is 14.7. The molecule has 3 rings (SSSR count). The Hall–Kier alpha value is -2.47. The van der Waals surface area contributed by atoms with Gasteiger partial charge in [-0.1, -0.05) is 37.3 Å². The van der Waals surface area contributed by atoms with E-state index in [1.54, 1.807) is 18.2 Å². The maximum Gasteiger partial charge on any atom is 0.573 e. The second-order valence-electron chi connectivity index (χ2n) is 6.10. The summed E-state index contributed by atoms with van der Waals surface area (Å²) in [5, 5.41) is 4.24. The monoisotopic (exact) mass is 362 g/mol. The fraction of sp³-hybridized carbons (Fsp3) is 0.300. The molecule has 0 aliphatic rings. The van der Waals surface area contributed by atoms with Gasteiger partial charge in [-0.25, -0.2) is 0 Å². The summed E-state index contributed by atoms with van der Waals surface area (Å²) in [6.07, 6.45) is -3.94. The number of halogens is 3. The first kappa shape index (κ1) is 18.3. The van der Waals surface area contributed by atoms with Crippen molar-refractivity contribution < 1.29 is 17.9 Å². The molecule has 0 saturated heterocycles. The SMILES string of the molecule is CCNCCc1c(C)[nH]c2cccc(-c3ccccc3OC(F)(F)F)c12. The van der Waals surface area contributed by atoms with Gasteiger partial charge in [-0.2, -0.15) is 0 Å². The minimum absolute atomic E-state index is 0.191. The third-order valence-electron chi connectivity index (χ3n) is 4.35. The quantitative estimate of drug-likeness (QED) is 0.592. The maximum atomic E-state index is 12.8. The maximum absolute atomic E-state index is 12.8. The number of fused-ring (bicyclic) bond motifs is 1. The molecule has 0 aliphatic carbocycles. The number of alkyl halides is 3. The van der Waals surface area contributed by atoms with Crippen molar-refractivity contribution in [3.8, 4) is 16.9 Å². The molecule has 6 heteroatoms. The van der Waals surface area contributed by atoms with Gasteiger partial charge in [0.15, 0.2) is 0 Å². The molecule has 1 aromatic heterocycles. The number of para-hydroxylation sites is 1. The van der Waals surface area contributed by atoms with Crippen molar-refractivity contribution in [2.75, 3.05) is 13.1 Å². The molecule has 2 N–H and O–H groups in total. The van der Waals surface area contributed by atoms with Crippen LogP contribution in [0.15, 0.2) is 42.5 Å². The Morgan fingerprint density at radius 3 is 2.50 bits per heavy atom. The molecular formula is C20H21F3N2O. The number of hydrogen-bond donors (Lipinski definition) is 2. The predicted octanol–water partition coefficient (Wildman–Crippen LogP) is 5.19. The number of benzene rings is 2. The van der Waals surface area contributed by atoms with Crippen LogP contribution in [0.5, 0.6) is 5.75 Å². The second kappa shape index (κ2) is 7.41. The van der Waals surface area contributed by atoms with E-state index in [4.69, 9.17) is 0 Å². The van der Waals surface area contributed by atoms with Crippen LogP contribution in [-0.4, -0.2) is 24.4 Å². The smallest absolute Gasteiger partial charge is 0.405 e. The highest BCUT2D eigenvalue weighted by atomic mass is 19.4. The lowest BCUT2D eigenvalue weighted by Crippen LogP contribution is -2.17. The largest absolute Gasteiger partial charge is 0.573 e. The van der Waals surface area contributed by atoms with Crippen LogP contribution in [0, 0.1) is 6.92 Å². The van der Waals surface area contributed by atoms with Crippen molar-refractivity contribution in [3.63, 3.8) is 0 Å². The summed E-state index contributed by atoms with van der Waals surface area (Å²) in [4.78, 5) is 3.34. The molecule has 1 heterocycles. The number of H-pyrrole nitrogens is 1. The van der Waals surface area contributed by atoms with Gasteiger partial charge < -0.3 is 15.0 Å². The lowest BCUT2D eigenvalue weighted by atomic mass is 9.96. The normalized spacial score (nSPS) is 11.9. The molecule has 26 heavy (non-hydrogen) atoms. The predicted molar refractivity (Wildman–Crippen MR) is 97.4 cm³/mol. The van der Waals surface area contributed by atoms with Gasteiger partial charge in [0.25, 0.3) is 0 Å². The number of aromatic amines is 1. The zero-order chi connectivity index (χ0) is 18.7. The Bertz CT molecular complexity index is 900. The van der Waals surface area contributed by atoms with Crippen LogP contribution in [0.3, 0.4) is 0 Å². The van der Waals surface area contributed by atoms with Crippen LogP contribution in [-0.2, 0) is 6.42 Å². The first-order valence-corrected chi connectivity index (χ1v) is 8.56. The summed E-state index contributed by atoms with van der Waals surface area (Å²) in [6.45, 7) is 5.71. The van der Waals surface area contributed by atoms with Crippen LogP contribution >= 0.6 is 0 Å². The molecule has 0 bridgehead atoms. The van der Waals surface area contributed by atoms with E-state index in [9.17, 15) is 13.2 Å². The van der Waals surface area contributed by atoms with Gasteiger partial charge in [-0.05, 0) is 49.7 Å². The van der Waals surface area contributed by atoms with Gasteiger partial charge in [0.2, 0.25) is 0 Å². The third kappa shape index (κ3) is 3.85. The van der Waals surface area contributed by atoms with Gasteiger partial charge in [0, 0.05) is 22.2 Å². The van der Waals surface area contributed by atoms with Crippen LogP contribution in [0.1, 0.15) is 18.2 Å². The van der Waals surface area contributed by atoms with Crippen LogP contribution in [0.25, 0.3) is 22.0 Å². The molecule has 0 saturated carbocycles. The minimum Gasteiger partial charge on any atom is -0.405 e. The molecule has 3 nitrogen and oxygen atoms in total. The molecule has 0 unspecified atom stereocenters. The second-order valence-corrected chi connectivity index (χ2v) is 6.10. The number of aryl methyl sites for hydroxylation is 1. The van der Waals surface area contributed by atoms with E-state index in [0.29, 0.717) is 5.56 Å². The molecule has 0 radical (unpaired) electrons. The number of aromatic nitrogens is 1. The van der Waals surface area contributed by atoms with E-state index in [1.165, 1.54) is 6.07 Å². The van der Waals surface area contributed by atoms with Crippen molar-refractivity contribution in [2.45, 2.75) is 26.6 Å². The fourth-order valence-corrected chi connectivity index (χ4v) is 3.28. The molecule has 3 aromatic rings. The topological polar surface area (TPSA) is 37.0 Å². The Morgan fingerprint density at radius 1 is 1.04 bits per heavy atom. The Labute approximate surface area is 150 Å². The van der Waals surface area contributed by atoms with E-state index in [2.05, 4.69) is 15.0 Å². The van der Waals surface area contributed by atoms with Crippen LogP contribution < -0.4 is 10.1 Å². The van der Waals surface area contributed by atoms with E-state index in [0.717, 1.165) is 47.2 Å².